The Morgan fingerprint density at radius 3 is 2.45 bits per heavy atom. The van der Waals surface area contributed by atoms with Crippen LogP contribution in [0.5, 0.6) is 0 Å². The van der Waals surface area contributed by atoms with Gasteiger partial charge in [0.15, 0.2) is 0 Å². The lowest BCUT2D eigenvalue weighted by molar-refractivity contribution is -0.136. The summed E-state index contributed by atoms with van der Waals surface area (Å²) in [7, 11) is 1.61. The van der Waals surface area contributed by atoms with E-state index in [2.05, 4.69) is 26.0 Å². The first-order chi connectivity index (χ1) is 10.7. The molecule has 22 heavy (non-hydrogen) atoms. The van der Waals surface area contributed by atoms with Gasteiger partial charge in [-0.25, -0.2) is 0 Å². The van der Waals surface area contributed by atoms with Crippen LogP contribution in [0.1, 0.15) is 51.1 Å². The highest BCUT2D eigenvalue weighted by Crippen LogP contribution is 2.25. The highest BCUT2D eigenvalue weighted by Gasteiger charge is 2.25. The van der Waals surface area contributed by atoms with E-state index in [1.165, 1.54) is 5.56 Å². The summed E-state index contributed by atoms with van der Waals surface area (Å²) in [6.07, 6.45) is 3.12. The second kappa shape index (κ2) is 10.4. The number of nitrogens with zero attached hydrogens (tertiary/aromatic N) is 1. The van der Waals surface area contributed by atoms with Gasteiger partial charge in [0.05, 0.1) is 18.6 Å². The van der Waals surface area contributed by atoms with Crippen LogP contribution in [-0.4, -0.2) is 37.1 Å². The SMILES string of the molecule is CCCCN(C(=O)CC(CN)OC)C(CC)c1ccccc1. The fourth-order valence-corrected chi connectivity index (χ4v) is 2.67. The lowest BCUT2D eigenvalue weighted by Crippen LogP contribution is -2.39. The monoisotopic (exact) mass is 306 g/mol. The molecule has 2 unspecified atom stereocenters. The van der Waals surface area contributed by atoms with Crippen LogP contribution < -0.4 is 5.73 Å². The highest BCUT2D eigenvalue weighted by atomic mass is 16.5. The van der Waals surface area contributed by atoms with E-state index in [1.54, 1.807) is 7.11 Å². The van der Waals surface area contributed by atoms with Crippen LogP contribution in [0.25, 0.3) is 0 Å². The zero-order chi connectivity index (χ0) is 16.4. The van der Waals surface area contributed by atoms with Gasteiger partial charge in [-0.1, -0.05) is 50.6 Å². The molecule has 0 aliphatic carbocycles. The summed E-state index contributed by atoms with van der Waals surface area (Å²) in [6, 6.07) is 10.4. The zero-order valence-corrected chi connectivity index (χ0v) is 14.1. The fraction of sp³-hybridized carbons (Fsp3) is 0.611. The van der Waals surface area contributed by atoms with Gasteiger partial charge >= 0.3 is 0 Å². The van der Waals surface area contributed by atoms with Crippen molar-refractivity contribution in [2.75, 3.05) is 20.2 Å². The Morgan fingerprint density at radius 2 is 1.95 bits per heavy atom. The number of amides is 1. The third kappa shape index (κ3) is 5.43. The van der Waals surface area contributed by atoms with Gasteiger partial charge in [0.25, 0.3) is 0 Å². The van der Waals surface area contributed by atoms with Crippen molar-refractivity contribution in [2.24, 2.45) is 5.73 Å². The Balaban J connectivity index is 2.91. The van der Waals surface area contributed by atoms with Gasteiger partial charge in [-0.3, -0.25) is 4.79 Å². The molecular weight excluding hydrogens is 276 g/mol. The lowest BCUT2D eigenvalue weighted by Gasteiger charge is -2.32. The second-order valence-corrected chi connectivity index (χ2v) is 5.57. The summed E-state index contributed by atoms with van der Waals surface area (Å²) in [4.78, 5) is 14.7. The molecule has 2 N–H and O–H groups in total. The minimum atomic E-state index is -0.204. The molecule has 0 bridgehead atoms. The van der Waals surface area contributed by atoms with Crippen molar-refractivity contribution in [3.63, 3.8) is 0 Å². The molecule has 2 atom stereocenters. The van der Waals surface area contributed by atoms with Crippen molar-refractivity contribution in [3.8, 4) is 0 Å². The van der Waals surface area contributed by atoms with Crippen molar-refractivity contribution in [3.05, 3.63) is 35.9 Å². The first-order valence-electron chi connectivity index (χ1n) is 8.25. The maximum Gasteiger partial charge on any atom is 0.225 e. The number of nitrogens with two attached hydrogens (primary N) is 1. The predicted molar refractivity (Wildman–Crippen MR) is 90.6 cm³/mol. The van der Waals surface area contributed by atoms with E-state index in [1.807, 2.05) is 23.1 Å². The average molecular weight is 306 g/mol. The second-order valence-electron chi connectivity index (χ2n) is 5.57. The maximum absolute atomic E-state index is 12.7. The largest absolute Gasteiger partial charge is 0.380 e. The topological polar surface area (TPSA) is 55.6 Å². The summed E-state index contributed by atoms with van der Waals surface area (Å²) >= 11 is 0. The molecule has 1 rings (SSSR count). The average Bonchev–Trinajstić information content (AvgIpc) is 2.57. The van der Waals surface area contributed by atoms with Crippen molar-refractivity contribution in [1.29, 1.82) is 0 Å². The molecule has 0 aliphatic rings. The van der Waals surface area contributed by atoms with E-state index >= 15 is 0 Å². The highest BCUT2D eigenvalue weighted by molar-refractivity contribution is 5.77. The Labute approximate surface area is 134 Å². The standard InChI is InChI=1S/C18H30N2O2/c1-4-6-12-20(18(21)13-16(14-19)22-3)17(5-2)15-10-8-7-9-11-15/h7-11,16-17H,4-6,12-14,19H2,1-3H3. The van der Waals surface area contributed by atoms with Crippen molar-refractivity contribution >= 4 is 5.91 Å². The van der Waals surface area contributed by atoms with Gasteiger partial charge in [0.2, 0.25) is 5.91 Å². The molecule has 0 spiro atoms. The number of hydrogen-bond donors (Lipinski definition) is 1. The molecule has 124 valence electrons. The van der Waals surface area contributed by atoms with Crippen LogP contribution in [0.15, 0.2) is 30.3 Å². The molecular formula is C18H30N2O2. The number of unbranched alkanes of at least 4 members (excludes halogenated alkanes) is 1. The first kappa shape index (κ1) is 18.7. The molecule has 0 aliphatic heterocycles. The van der Waals surface area contributed by atoms with Gasteiger partial charge in [0, 0.05) is 20.2 Å². The Hall–Kier alpha value is -1.39. The van der Waals surface area contributed by atoms with Crippen molar-refractivity contribution in [2.45, 2.75) is 51.7 Å². The van der Waals surface area contributed by atoms with E-state index in [9.17, 15) is 4.79 Å². The first-order valence-corrected chi connectivity index (χ1v) is 8.25. The molecule has 0 saturated heterocycles. The lowest BCUT2D eigenvalue weighted by atomic mass is 10.0. The summed E-state index contributed by atoms with van der Waals surface area (Å²) in [5, 5.41) is 0. The predicted octanol–water partition coefficient (Wildman–Crippen LogP) is 3.13. The van der Waals surface area contributed by atoms with Gasteiger partial charge < -0.3 is 15.4 Å². The number of carbonyl (C=O) groups excluding carboxylic acids is 1. The number of hydrogen-bond acceptors (Lipinski definition) is 3. The summed E-state index contributed by atoms with van der Waals surface area (Å²) < 4.78 is 5.27. The number of carbonyl (C=O) groups is 1. The van der Waals surface area contributed by atoms with E-state index < -0.39 is 0 Å². The van der Waals surface area contributed by atoms with E-state index in [0.717, 1.165) is 25.8 Å². The molecule has 0 heterocycles. The van der Waals surface area contributed by atoms with Crippen LogP contribution in [-0.2, 0) is 9.53 Å². The smallest absolute Gasteiger partial charge is 0.225 e. The molecule has 0 radical (unpaired) electrons. The number of benzene rings is 1. The minimum absolute atomic E-state index is 0.121. The quantitative estimate of drug-likeness (QED) is 0.722. The Morgan fingerprint density at radius 1 is 1.27 bits per heavy atom. The minimum Gasteiger partial charge on any atom is -0.380 e. The van der Waals surface area contributed by atoms with Crippen LogP contribution >= 0.6 is 0 Å². The summed E-state index contributed by atoms with van der Waals surface area (Å²) in [5.41, 5.74) is 6.85. The molecule has 4 heteroatoms. The van der Waals surface area contributed by atoms with E-state index in [0.29, 0.717) is 13.0 Å². The van der Waals surface area contributed by atoms with E-state index in [-0.39, 0.29) is 18.1 Å². The van der Waals surface area contributed by atoms with Crippen LogP contribution in [0.3, 0.4) is 0 Å². The van der Waals surface area contributed by atoms with Crippen LogP contribution in [0, 0.1) is 0 Å². The van der Waals surface area contributed by atoms with Crippen LogP contribution in [0.4, 0.5) is 0 Å². The van der Waals surface area contributed by atoms with Crippen molar-refractivity contribution in [1.82, 2.24) is 4.90 Å². The van der Waals surface area contributed by atoms with Gasteiger partial charge in [0.1, 0.15) is 0 Å². The summed E-state index contributed by atoms with van der Waals surface area (Å²) in [6.45, 7) is 5.42. The third-order valence-corrected chi connectivity index (χ3v) is 4.02. The number of rotatable bonds is 10. The molecule has 1 amide bonds. The van der Waals surface area contributed by atoms with Gasteiger partial charge in [-0.15, -0.1) is 0 Å². The van der Waals surface area contributed by atoms with Crippen molar-refractivity contribution < 1.29 is 9.53 Å². The van der Waals surface area contributed by atoms with Crippen LogP contribution in [0.2, 0.25) is 0 Å². The molecule has 1 aromatic carbocycles. The van der Waals surface area contributed by atoms with E-state index in [4.69, 9.17) is 10.5 Å². The Bertz CT molecular complexity index is 418. The molecule has 0 fully saturated rings. The summed E-state index contributed by atoms with van der Waals surface area (Å²) in [5.74, 6) is 0.126. The molecule has 0 aromatic heterocycles. The molecule has 1 aromatic rings. The maximum atomic E-state index is 12.7. The normalized spacial score (nSPS) is 13.6. The van der Waals surface area contributed by atoms with Gasteiger partial charge in [-0.2, -0.15) is 0 Å². The molecule has 4 nitrogen and oxygen atoms in total. The van der Waals surface area contributed by atoms with Gasteiger partial charge in [-0.05, 0) is 18.4 Å². The number of ether oxygens (including phenoxy) is 1. The third-order valence-electron chi connectivity index (χ3n) is 4.02. The zero-order valence-electron chi connectivity index (χ0n) is 14.1. The number of methoxy groups -OCH3 is 1. The fourth-order valence-electron chi connectivity index (χ4n) is 2.67. The Kier molecular flexibility index (Phi) is 8.78. The molecule has 0 saturated carbocycles.